The fourth-order valence-corrected chi connectivity index (χ4v) is 4.43. The van der Waals surface area contributed by atoms with Crippen molar-refractivity contribution in [2.24, 2.45) is 0 Å². The monoisotopic (exact) mass is 303 g/mol. The van der Waals surface area contributed by atoms with Gasteiger partial charge in [-0.25, -0.2) is 4.98 Å². The van der Waals surface area contributed by atoms with E-state index in [1.807, 2.05) is 28.7 Å². The topological polar surface area (TPSA) is 30.7 Å². The molecule has 0 fully saturated rings. The first kappa shape index (κ1) is 13.6. The minimum Gasteiger partial charge on any atom is -0.269 e. The summed E-state index contributed by atoms with van der Waals surface area (Å²) in [5.41, 5.74) is 2.30. The lowest BCUT2D eigenvalue weighted by Gasteiger charge is -2.18. The molecule has 0 saturated carbocycles. The van der Waals surface area contributed by atoms with Gasteiger partial charge in [-0.05, 0) is 31.5 Å². The molecule has 0 radical (unpaired) electrons. The van der Waals surface area contributed by atoms with Crippen LogP contribution in [0.1, 0.15) is 25.5 Å². The van der Waals surface area contributed by atoms with Crippen molar-refractivity contribution in [3.8, 4) is 0 Å². The zero-order valence-electron chi connectivity index (χ0n) is 11.8. The molecule has 104 valence electrons. The van der Waals surface area contributed by atoms with Gasteiger partial charge in [0.1, 0.15) is 0 Å². The molecule has 3 aromatic rings. The van der Waals surface area contributed by atoms with Crippen LogP contribution in [-0.4, -0.2) is 20.0 Å². The van der Waals surface area contributed by atoms with Gasteiger partial charge < -0.3 is 0 Å². The van der Waals surface area contributed by atoms with Crippen molar-refractivity contribution < 1.29 is 0 Å². The second kappa shape index (κ2) is 5.58. The van der Waals surface area contributed by atoms with Crippen LogP contribution in [0.15, 0.2) is 41.0 Å². The molecule has 0 N–H and O–H groups in total. The Morgan fingerprint density at radius 2 is 2.05 bits per heavy atom. The second-order valence-electron chi connectivity index (χ2n) is 5.01. The molecule has 0 aliphatic carbocycles. The summed E-state index contributed by atoms with van der Waals surface area (Å²) in [6.45, 7) is 6.51. The molecule has 1 aromatic carbocycles. The zero-order valence-corrected chi connectivity index (χ0v) is 13.4. The van der Waals surface area contributed by atoms with E-state index in [1.54, 1.807) is 11.3 Å². The van der Waals surface area contributed by atoms with Crippen LogP contribution in [0.2, 0.25) is 0 Å². The van der Waals surface area contributed by atoms with E-state index in [4.69, 9.17) is 0 Å². The van der Waals surface area contributed by atoms with Gasteiger partial charge in [0.05, 0.1) is 22.5 Å². The fraction of sp³-hybridized carbons (Fsp3) is 0.333. The van der Waals surface area contributed by atoms with Gasteiger partial charge in [-0.1, -0.05) is 30.8 Å². The molecule has 0 bridgehead atoms. The maximum atomic E-state index is 4.69. The first-order chi connectivity index (χ1) is 9.63. The average molecular weight is 303 g/mol. The van der Waals surface area contributed by atoms with E-state index in [0.717, 1.165) is 9.86 Å². The largest absolute Gasteiger partial charge is 0.269 e. The van der Waals surface area contributed by atoms with Crippen molar-refractivity contribution in [1.82, 2.24) is 14.8 Å². The van der Waals surface area contributed by atoms with Crippen molar-refractivity contribution in [3.63, 3.8) is 0 Å². The normalized spacial score (nSPS) is 14.6. The quantitative estimate of drug-likeness (QED) is 0.663. The van der Waals surface area contributed by atoms with E-state index < -0.39 is 0 Å². The first-order valence-electron chi connectivity index (χ1n) is 6.66. The lowest BCUT2D eigenvalue weighted by atomic mass is 10.2. The molecule has 2 aromatic heterocycles. The summed E-state index contributed by atoms with van der Waals surface area (Å²) in [5.74, 6) is 0. The van der Waals surface area contributed by atoms with Crippen LogP contribution in [0.5, 0.6) is 0 Å². The predicted octanol–water partition coefficient (Wildman–Crippen LogP) is 4.54. The maximum Gasteiger partial charge on any atom is 0.151 e. The number of nitrogens with zero attached hydrogens (tertiary/aromatic N) is 3. The molecule has 0 saturated heterocycles. The Hall–Kier alpha value is -1.33. The molecule has 0 unspecified atom stereocenters. The Morgan fingerprint density at radius 1 is 1.25 bits per heavy atom. The van der Waals surface area contributed by atoms with E-state index in [2.05, 4.69) is 55.2 Å². The number of hydrogen-bond donors (Lipinski definition) is 0. The third-order valence-corrected chi connectivity index (χ3v) is 5.82. The predicted molar refractivity (Wildman–Crippen MR) is 86.6 cm³/mol. The number of thioether (sulfide) groups is 1. The number of thiazole rings is 1. The third kappa shape index (κ3) is 2.74. The summed E-state index contributed by atoms with van der Waals surface area (Å²) in [6.07, 6.45) is 4.01. The molecule has 3 rings (SSSR count). The molecule has 20 heavy (non-hydrogen) atoms. The van der Waals surface area contributed by atoms with Gasteiger partial charge in [0.15, 0.2) is 4.34 Å². The van der Waals surface area contributed by atoms with Gasteiger partial charge in [0.25, 0.3) is 0 Å². The van der Waals surface area contributed by atoms with Crippen molar-refractivity contribution >= 4 is 33.3 Å². The third-order valence-electron chi connectivity index (χ3n) is 3.39. The summed E-state index contributed by atoms with van der Waals surface area (Å²) >= 11 is 3.59. The number of fused-ring (bicyclic) bond motifs is 1. The second-order valence-corrected chi connectivity index (χ2v) is 7.66. The van der Waals surface area contributed by atoms with E-state index in [0.29, 0.717) is 11.3 Å². The number of hydrogen-bond acceptors (Lipinski definition) is 4. The molecule has 2 heterocycles. The van der Waals surface area contributed by atoms with E-state index in [1.165, 1.54) is 10.3 Å². The Bertz CT molecular complexity index is 684. The van der Waals surface area contributed by atoms with Gasteiger partial charge >= 0.3 is 0 Å². The minimum atomic E-state index is 0.348. The van der Waals surface area contributed by atoms with Gasteiger partial charge in [-0.15, -0.1) is 11.3 Å². The number of para-hydroxylation sites is 1. The highest BCUT2D eigenvalue weighted by atomic mass is 32.2. The summed E-state index contributed by atoms with van der Waals surface area (Å²) in [5, 5.41) is 4.83. The van der Waals surface area contributed by atoms with Gasteiger partial charge in [0.2, 0.25) is 0 Å². The Kier molecular flexibility index (Phi) is 3.81. The highest BCUT2D eigenvalue weighted by molar-refractivity contribution is 8.01. The molecule has 0 amide bonds. The van der Waals surface area contributed by atoms with Crippen molar-refractivity contribution in [3.05, 3.63) is 42.2 Å². The Labute approximate surface area is 127 Å². The van der Waals surface area contributed by atoms with Crippen LogP contribution >= 0.6 is 23.1 Å². The highest BCUT2D eigenvalue weighted by Crippen LogP contribution is 2.35. The van der Waals surface area contributed by atoms with Crippen LogP contribution in [-0.2, 0) is 0 Å². The number of rotatable bonds is 4. The summed E-state index contributed by atoms with van der Waals surface area (Å²) in [4.78, 5) is 4.69. The standard InChI is InChI=1S/C15H17N3S2/c1-10-8-16-18(9-10)11(2)12(3)19-15-17-13-6-4-5-7-14(13)20-15/h4-9,11-12H,1-3H3/t11-,12-/m1/s1. The van der Waals surface area contributed by atoms with Crippen molar-refractivity contribution in [2.45, 2.75) is 36.4 Å². The molecule has 0 aliphatic rings. The highest BCUT2D eigenvalue weighted by Gasteiger charge is 2.18. The van der Waals surface area contributed by atoms with Gasteiger partial charge in [-0.3, -0.25) is 4.68 Å². The average Bonchev–Trinajstić information content (AvgIpc) is 3.03. The molecular formula is C15H17N3S2. The Morgan fingerprint density at radius 3 is 2.75 bits per heavy atom. The zero-order chi connectivity index (χ0) is 14.1. The summed E-state index contributed by atoms with van der Waals surface area (Å²) in [6, 6.07) is 8.64. The van der Waals surface area contributed by atoms with E-state index in [9.17, 15) is 0 Å². The molecular weight excluding hydrogens is 286 g/mol. The molecule has 5 heteroatoms. The van der Waals surface area contributed by atoms with Crippen molar-refractivity contribution in [1.29, 1.82) is 0 Å². The number of benzene rings is 1. The van der Waals surface area contributed by atoms with Crippen LogP contribution in [0.25, 0.3) is 10.2 Å². The van der Waals surface area contributed by atoms with E-state index >= 15 is 0 Å². The Balaban J connectivity index is 1.76. The number of aryl methyl sites for hydroxylation is 1. The lowest BCUT2D eigenvalue weighted by molar-refractivity contribution is 0.487. The molecule has 3 nitrogen and oxygen atoms in total. The van der Waals surface area contributed by atoms with Crippen LogP contribution in [0.3, 0.4) is 0 Å². The fourth-order valence-electron chi connectivity index (χ4n) is 2.03. The summed E-state index contributed by atoms with van der Waals surface area (Å²) in [7, 11) is 0. The number of aromatic nitrogens is 3. The van der Waals surface area contributed by atoms with Gasteiger partial charge in [0, 0.05) is 11.4 Å². The smallest absolute Gasteiger partial charge is 0.151 e. The molecule has 0 spiro atoms. The minimum absolute atomic E-state index is 0.348. The van der Waals surface area contributed by atoms with Crippen LogP contribution in [0.4, 0.5) is 0 Å². The van der Waals surface area contributed by atoms with Crippen LogP contribution < -0.4 is 0 Å². The molecule has 0 aliphatic heterocycles. The lowest BCUT2D eigenvalue weighted by Crippen LogP contribution is -2.16. The van der Waals surface area contributed by atoms with Gasteiger partial charge in [-0.2, -0.15) is 5.10 Å². The summed E-state index contributed by atoms with van der Waals surface area (Å²) < 4.78 is 4.43. The molecule has 2 atom stereocenters. The maximum absolute atomic E-state index is 4.69. The van der Waals surface area contributed by atoms with Crippen LogP contribution in [0, 0.1) is 6.92 Å². The first-order valence-corrected chi connectivity index (χ1v) is 8.36. The van der Waals surface area contributed by atoms with E-state index in [-0.39, 0.29) is 0 Å². The SMILES string of the molecule is Cc1cnn([C@H](C)[C@@H](C)Sc2nc3ccccc3s2)c1. The van der Waals surface area contributed by atoms with Crippen molar-refractivity contribution in [2.75, 3.05) is 0 Å².